The molecule has 0 aromatic heterocycles. The number of hydrogen-bond donors (Lipinski definition) is 0. The Bertz CT molecular complexity index is 1060. The van der Waals surface area contributed by atoms with Crippen molar-refractivity contribution >= 4 is 8.07 Å². The van der Waals surface area contributed by atoms with E-state index in [1.54, 1.807) is 16.7 Å². The summed E-state index contributed by atoms with van der Waals surface area (Å²) in [5.41, 5.74) is 8.17. The molecule has 0 nitrogen and oxygen atoms in total. The molecule has 0 saturated heterocycles. The van der Waals surface area contributed by atoms with Gasteiger partial charge in [0, 0.05) is 0 Å². The van der Waals surface area contributed by atoms with E-state index in [0.717, 1.165) is 16.7 Å². The molecule has 0 aliphatic heterocycles. The Morgan fingerprint density at radius 2 is 1.07 bits per heavy atom. The van der Waals surface area contributed by atoms with E-state index in [4.69, 9.17) is 0 Å². The average Bonchev–Trinajstić information content (AvgIpc) is 3.20. The molecule has 40 heavy (non-hydrogen) atoms. The van der Waals surface area contributed by atoms with Crippen LogP contribution in [0.15, 0.2) is 108 Å². The molecule has 3 aromatic rings. The number of benzene rings is 3. The first kappa shape index (κ1) is 35.7. The molecule has 0 N–H and O–H groups in total. The van der Waals surface area contributed by atoms with E-state index >= 15 is 0 Å². The molecule has 1 unspecified atom stereocenters. The van der Waals surface area contributed by atoms with Crippen LogP contribution in [0.2, 0.25) is 24.2 Å². The fourth-order valence-electron chi connectivity index (χ4n) is 4.43. The molecule has 0 fully saturated rings. The molecule has 2 aliphatic carbocycles. The molecule has 210 valence electrons. The van der Waals surface area contributed by atoms with Gasteiger partial charge in [0.1, 0.15) is 0 Å². The summed E-state index contributed by atoms with van der Waals surface area (Å²) in [5, 5.41) is 0.491. The zero-order valence-electron chi connectivity index (χ0n) is 25.9. The maximum absolute atomic E-state index is 3.80. The van der Waals surface area contributed by atoms with Gasteiger partial charge in [-0.1, -0.05) is 96.6 Å². The van der Waals surface area contributed by atoms with E-state index in [9.17, 15) is 0 Å². The molecule has 0 bridgehead atoms. The maximum Gasteiger partial charge on any atom is 4.00 e. The zero-order valence-corrected chi connectivity index (χ0v) is 28.5. The van der Waals surface area contributed by atoms with Gasteiger partial charge in [0.25, 0.3) is 0 Å². The van der Waals surface area contributed by atoms with Crippen LogP contribution >= 0.6 is 0 Å². The van der Waals surface area contributed by atoms with Crippen LogP contribution in [-0.2, 0) is 21.7 Å². The first-order valence-corrected chi connectivity index (χ1v) is 17.6. The van der Waals surface area contributed by atoms with Gasteiger partial charge in [0.2, 0.25) is 0 Å². The Hall–Kier alpha value is -2.32. The summed E-state index contributed by atoms with van der Waals surface area (Å²) in [7, 11) is -1.20. The average molecular weight is 583 g/mol. The van der Waals surface area contributed by atoms with Crippen LogP contribution < -0.4 is 0 Å². The predicted octanol–water partition coefficient (Wildman–Crippen LogP) is 11.3. The Morgan fingerprint density at radius 1 is 0.700 bits per heavy atom. The Morgan fingerprint density at radius 3 is 1.38 bits per heavy atom. The Labute approximate surface area is 263 Å². The van der Waals surface area contributed by atoms with Crippen LogP contribution in [0.1, 0.15) is 70.1 Å². The second-order valence-corrected chi connectivity index (χ2v) is 18.0. The molecular formula is C38H50SiTi. The fourth-order valence-corrected chi connectivity index (χ4v) is 6.31. The molecule has 0 spiro atoms. The normalized spacial score (nSPS) is 15.8. The summed E-state index contributed by atoms with van der Waals surface area (Å²) >= 11 is 0. The van der Waals surface area contributed by atoms with Gasteiger partial charge in [-0.15, -0.1) is 36.4 Å². The molecular weight excluding hydrogens is 532 g/mol. The van der Waals surface area contributed by atoms with Gasteiger partial charge in [-0.05, 0) is 5.04 Å². The molecule has 2 aliphatic rings. The van der Waals surface area contributed by atoms with E-state index < -0.39 is 8.07 Å². The monoisotopic (exact) mass is 582 g/mol. The summed E-state index contributed by atoms with van der Waals surface area (Å²) < 4.78 is 0. The van der Waals surface area contributed by atoms with Crippen molar-refractivity contribution in [3.8, 4) is 0 Å². The smallest absolute Gasteiger partial charge is 0.249 e. The van der Waals surface area contributed by atoms with Gasteiger partial charge in [-0.3, -0.25) is 0 Å². The SMILES string of the molecule is CC1C(C[Si](C)(C)C(C)(C)C)=[C-]C2=C1CCCC2.[CH2-]c1ccccc1.[CH2-]c1ccccc1.[CH2-]c1ccccc1.[Ti+4]. The molecule has 1 atom stereocenters. The molecule has 0 saturated carbocycles. The van der Waals surface area contributed by atoms with E-state index in [0.29, 0.717) is 11.0 Å². The third kappa shape index (κ3) is 12.5. The van der Waals surface area contributed by atoms with Crippen molar-refractivity contribution in [2.75, 3.05) is 0 Å². The van der Waals surface area contributed by atoms with Crippen LogP contribution in [0, 0.1) is 32.8 Å². The standard InChI is InChI=1S/C17H29Si.3C7H7.Ti/c1-13-15(12-18(5,6)17(2,3)4)11-14-9-7-8-10-16(13)14;3*1-7-5-3-2-4-6-7;/h13H,7-10,12H2,1-6H3;3*2-6H,1H2;/q4*-1;+4. The molecule has 3 aromatic carbocycles. The summed E-state index contributed by atoms with van der Waals surface area (Å²) in [4.78, 5) is 0. The molecule has 0 heterocycles. The van der Waals surface area contributed by atoms with E-state index in [1.165, 1.54) is 31.7 Å². The van der Waals surface area contributed by atoms with Crippen LogP contribution in [0.5, 0.6) is 0 Å². The van der Waals surface area contributed by atoms with Gasteiger partial charge in [0.15, 0.2) is 0 Å². The third-order valence-corrected chi connectivity index (χ3v) is 13.4. The summed E-state index contributed by atoms with van der Waals surface area (Å²) in [6.45, 7) is 25.9. The van der Waals surface area contributed by atoms with Crippen molar-refractivity contribution in [3.05, 3.63) is 151 Å². The fraction of sp³-hybridized carbons (Fsp3) is 0.342. The van der Waals surface area contributed by atoms with Gasteiger partial charge in [-0.2, -0.15) is 79.4 Å². The third-order valence-electron chi connectivity index (χ3n) is 8.06. The minimum absolute atomic E-state index is 0. The predicted molar refractivity (Wildman–Crippen MR) is 176 cm³/mol. The maximum atomic E-state index is 3.80. The van der Waals surface area contributed by atoms with Crippen LogP contribution in [0.25, 0.3) is 0 Å². The topological polar surface area (TPSA) is 0 Å². The number of allylic oxidation sites excluding steroid dienone is 4. The number of rotatable bonds is 2. The van der Waals surface area contributed by atoms with Crippen molar-refractivity contribution in [3.63, 3.8) is 0 Å². The largest absolute Gasteiger partial charge is 4.00 e. The van der Waals surface area contributed by atoms with Gasteiger partial charge in [-0.25, -0.2) is 17.2 Å². The molecule has 0 amide bonds. The van der Waals surface area contributed by atoms with Crippen molar-refractivity contribution in [1.82, 2.24) is 0 Å². The van der Waals surface area contributed by atoms with Crippen LogP contribution in [0.4, 0.5) is 0 Å². The van der Waals surface area contributed by atoms with E-state index in [-0.39, 0.29) is 21.7 Å². The minimum Gasteiger partial charge on any atom is -0.249 e. The summed E-state index contributed by atoms with van der Waals surface area (Å²) in [6.07, 6.45) is 9.21. The van der Waals surface area contributed by atoms with Crippen molar-refractivity contribution in [2.24, 2.45) is 5.92 Å². The molecule has 2 heteroatoms. The van der Waals surface area contributed by atoms with Crippen molar-refractivity contribution in [2.45, 2.75) is 77.6 Å². The van der Waals surface area contributed by atoms with Crippen molar-refractivity contribution < 1.29 is 21.7 Å². The Balaban J connectivity index is 0.000000300. The minimum atomic E-state index is -1.20. The van der Waals surface area contributed by atoms with Gasteiger partial charge >= 0.3 is 21.7 Å². The first-order valence-electron chi connectivity index (χ1n) is 14.4. The zero-order chi connectivity index (χ0) is 28.9. The van der Waals surface area contributed by atoms with Crippen LogP contribution in [0.3, 0.4) is 0 Å². The second-order valence-electron chi connectivity index (χ2n) is 12.4. The van der Waals surface area contributed by atoms with Gasteiger partial charge in [0.05, 0.1) is 8.07 Å². The quantitative estimate of drug-likeness (QED) is 0.208. The second kappa shape index (κ2) is 17.5. The van der Waals surface area contributed by atoms with E-state index in [2.05, 4.69) is 67.6 Å². The number of hydrogen-bond acceptors (Lipinski definition) is 0. The van der Waals surface area contributed by atoms with Crippen molar-refractivity contribution in [1.29, 1.82) is 0 Å². The molecule has 5 rings (SSSR count). The molecule has 0 radical (unpaired) electrons. The summed E-state index contributed by atoms with van der Waals surface area (Å²) in [5.74, 6) is 0.703. The summed E-state index contributed by atoms with van der Waals surface area (Å²) in [6, 6.07) is 31.0. The first-order chi connectivity index (χ1) is 18.4. The van der Waals surface area contributed by atoms with Crippen LogP contribution in [-0.4, -0.2) is 8.07 Å². The van der Waals surface area contributed by atoms with Gasteiger partial charge < -0.3 is 0 Å². The van der Waals surface area contributed by atoms with E-state index in [1.807, 2.05) is 91.0 Å². The Kier molecular flexibility index (Phi) is 15.6.